The quantitative estimate of drug-likeness (QED) is 0.0739. The molecule has 0 bridgehead atoms. The number of ether oxygens (including phenoxy) is 2. The highest BCUT2D eigenvalue weighted by Crippen LogP contribution is 2.24. The van der Waals surface area contributed by atoms with Crippen molar-refractivity contribution in [3.8, 4) is 0 Å². The van der Waals surface area contributed by atoms with Crippen molar-refractivity contribution in [3.63, 3.8) is 0 Å². The minimum atomic E-state index is -0.709. The Balaban J connectivity index is 4.71. The topological polar surface area (TPSA) is 58.9 Å². The average Bonchev–Trinajstić information content (AvgIpc) is 2.99. The second-order valence-electron chi connectivity index (χ2n) is 13.4. The number of aliphatic hydroxyl groups excluding tert-OH is 2. The fourth-order valence-corrected chi connectivity index (χ4v) is 5.93. The van der Waals surface area contributed by atoms with Gasteiger partial charge in [-0.2, -0.15) is 0 Å². The molecular formula is C37H76O4. The van der Waals surface area contributed by atoms with Gasteiger partial charge in [-0.1, -0.05) is 156 Å². The van der Waals surface area contributed by atoms with Crippen molar-refractivity contribution < 1.29 is 19.7 Å². The lowest BCUT2D eigenvalue weighted by Crippen LogP contribution is -2.40. The van der Waals surface area contributed by atoms with Crippen molar-refractivity contribution >= 4 is 0 Å². The predicted molar refractivity (Wildman–Crippen MR) is 179 cm³/mol. The molecule has 0 fully saturated rings. The Morgan fingerprint density at radius 1 is 0.415 bits per heavy atom. The molecule has 0 aromatic heterocycles. The second kappa shape index (κ2) is 31.3. The van der Waals surface area contributed by atoms with Crippen molar-refractivity contribution in [2.45, 2.75) is 182 Å². The molecule has 0 radical (unpaired) electrons. The molecule has 0 saturated carbocycles. The van der Waals surface area contributed by atoms with Gasteiger partial charge < -0.3 is 19.7 Å². The van der Waals surface area contributed by atoms with Gasteiger partial charge in [0.2, 0.25) is 0 Å². The highest BCUT2D eigenvalue weighted by Gasteiger charge is 2.30. The minimum Gasteiger partial charge on any atom is -0.396 e. The Hall–Kier alpha value is -0.160. The number of aliphatic hydroxyl groups is 2. The zero-order valence-corrected chi connectivity index (χ0v) is 28.6. The normalized spacial score (nSPS) is 13.6. The van der Waals surface area contributed by atoms with Crippen molar-refractivity contribution in [2.24, 2.45) is 17.3 Å². The molecule has 4 nitrogen and oxygen atoms in total. The molecule has 0 saturated heterocycles. The smallest absolute Gasteiger partial charge is 0.0632 e. The van der Waals surface area contributed by atoms with Crippen LogP contribution in [0.5, 0.6) is 0 Å². The van der Waals surface area contributed by atoms with Crippen LogP contribution < -0.4 is 0 Å². The molecule has 248 valence electrons. The van der Waals surface area contributed by atoms with Crippen molar-refractivity contribution in [1.82, 2.24) is 0 Å². The largest absolute Gasteiger partial charge is 0.396 e. The van der Waals surface area contributed by atoms with Gasteiger partial charge in [0.15, 0.2) is 0 Å². The zero-order valence-electron chi connectivity index (χ0n) is 28.6. The van der Waals surface area contributed by atoms with Gasteiger partial charge in [0.1, 0.15) is 0 Å². The van der Waals surface area contributed by atoms with Gasteiger partial charge in [-0.15, -0.1) is 0 Å². The number of unbranched alkanes of at least 4 members (excludes halogenated alkanes) is 16. The van der Waals surface area contributed by atoms with Crippen molar-refractivity contribution in [3.05, 3.63) is 0 Å². The van der Waals surface area contributed by atoms with E-state index in [9.17, 15) is 10.2 Å². The van der Waals surface area contributed by atoms with Gasteiger partial charge in [0.05, 0.1) is 31.8 Å². The van der Waals surface area contributed by atoms with Crippen molar-refractivity contribution in [2.75, 3.05) is 39.6 Å². The zero-order chi connectivity index (χ0) is 30.3. The van der Waals surface area contributed by atoms with Crippen LogP contribution in [0.2, 0.25) is 0 Å². The lowest BCUT2D eigenvalue weighted by molar-refractivity contribution is -0.0874. The van der Waals surface area contributed by atoms with Crippen LogP contribution in [0.4, 0.5) is 0 Å². The lowest BCUT2D eigenvalue weighted by Gasteiger charge is -2.31. The fourth-order valence-electron chi connectivity index (χ4n) is 5.93. The molecule has 0 amide bonds. The molecule has 41 heavy (non-hydrogen) atoms. The molecule has 4 heteroatoms. The van der Waals surface area contributed by atoms with E-state index in [0.29, 0.717) is 25.0 Å². The van der Waals surface area contributed by atoms with Crippen LogP contribution in [0, 0.1) is 17.3 Å². The first-order chi connectivity index (χ1) is 20.1. The Morgan fingerprint density at radius 3 is 0.976 bits per heavy atom. The van der Waals surface area contributed by atoms with Crippen molar-refractivity contribution in [1.29, 1.82) is 0 Å². The molecule has 2 N–H and O–H groups in total. The predicted octanol–water partition coefficient (Wildman–Crippen LogP) is 10.7. The van der Waals surface area contributed by atoms with Gasteiger partial charge in [-0.25, -0.2) is 0 Å². The lowest BCUT2D eigenvalue weighted by atomic mass is 9.91. The van der Waals surface area contributed by atoms with Gasteiger partial charge in [0.25, 0.3) is 0 Å². The summed E-state index contributed by atoms with van der Waals surface area (Å²) in [5, 5.41) is 20.6. The molecule has 2 atom stereocenters. The summed E-state index contributed by atoms with van der Waals surface area (Å²) < 4.78 is 12.5. The van der Waals surface area contributed by atoms with E-state index < -0.39 is 5.41 Å². The van der Waals surface area contributed by atoms with Gasteiger partial charge in [-0.3, -0.25) is 0 Å². The molecule has 0 rings (SSSR count). The van der Waals surface area contributed by atoms with E-state index in [2.05, 4.69) is 27.7 Å². The first-order valence-corrected chi connectivity index (χ1v) is 18.5. The summed E-state index contributed by atoms with van der Waals surface area (Å²) in [7, 11) is 0. The van der Waals surface area contributed by atoms with Crippen LogP contribution in [0.1, 0.15) is 182 Å². The van der Waals surface area contributed by atoms with Gasteiger partial charge >= 0.3 is 0 Å². The summed E-state index contributed by atoms with van der Waals surface area (Å²) in [6.07, 6.45) is 31.3. The third-order valence-corrected chi connectivity index (χ3v) is 9.06. The third kappa shape index (κ3) is 24.9. The second-order valence-corrected chi connectivity index (χ2v) is 13.4. The summed E-state index contributed by atoms with van der Waals surface area (Å²) >= 11 is 0. The standard InChI is InChI=1S/C37H76O4/c1-5-9-13-17-19-23-27-35(25-21-15-11-7-3)29-40-33-37(31-38,32-39)34-41-30-36(26-22-16-12-8-4)28-24-20-18-14-10-6-2/h35-36,38-39H,5-34H2,1-4H3. The van der Waals surface area contributed by atoms with E-state index in [1.807, 2.05) is 0 Å². The molecule has 0 heterocycles. The first-order valence-electron chi connectivity index (χ1n) is 18.5. The first kappa shape index (κ1) is 40.8. The summed E-state index contributed by atoms with van der Waals surface area (Å²) in [5.41, 5.74) is -0.709. The van der Waals surface area contributed by atoms with E-state index in [4.69, 9.17) is 9.47 Å². The Labute approximate surface area is 258 Å². The van der Waals surface area contributed by atoms with E-state index in [0.717, 1.165) is 13.2 Å². The summed E-state index contributed by atoms with van der Waals surface area (Å²) in [6, 6.07) is 0. The maximum absolute atomic E-state index is 10.3. The van der Waals surface area contributed by atoms with Crippen LogP contribution >= 0.6 is 0 Å². The summed E-state index contributed by atoms with van der Waals surface area (Å²) in [6.45, 7) is 11.1. The van der Waals surface area contributed by atoms with E-state index >= 15 is 0 Å². The number of hydrogen-bond donors (Lipinski definition) is 2. The summed E-state index contributed by atoms with van der Waals surface area (Å²) in [5.74, 6) is 1.16. The van der Waals surface area contributed by atoms with Gasteiger partial charge in [0, 0.05) is 13.2 Å². The van der Waals surface area contributed by atoms with Crippen LogP contribution in [0.3, 0.4) is 0 Å². The molecule has 0 aromatic rings. The SMILES string of the molecule is CCCCCCCCC(CCCCCC)COCC(CO)(CO)COCC(CCCCCC)CCCCCCCC. The van der Waals surface area contributed by atoms with Crippen LogP contribution in [-0.2, 0) is 9.47 Å². The maximum Gasteiger partial charge on any atom is 0.0632 e. The number of hydrogen-bond acceptors (Lipinski definition) is 4. The fraction of sp³-hybridized carbons (Fsp3) is 1.00. The minimum absolute atomic E-state index is 0.0965. The molecular weight excluding hydrogens is 508 g/mol. The van der Waals surface area contributed by atoms with E-state index in [-0.39, 0.29) is 13.2 Å². The van der Waals surface area contributed by atoms with E-state index in [1.165, 1.54) is 154 Å². The maximum atomic E-state index is 10.3. The molecule has 0 spiro atoms. The van der Waals surface area contributed by atoms with Crippen LogP contribution in [0.25, 0.3) is 0 Å². The van der Waals surface area contributed by atoms with Crippen LogP contribution in [-0.4, -0.2) is 49.9 Å². The number of rotatable bonds is 34. The monoisotopic (exact) mass is 585 g/mol. The molecule has 2 unspecified atom stereocenters. The van der Waals surface area contributed by atoms with Gasteiger partial charge in [-0.05, 0) is 37.5 Å². The highest BCUT2D eigenvalue weighted by atomic mass is 16.5. The molecule has 0 aliphatic carbocycles. The average molecular weight is 585 g/mol. The Bertz CT molecular complexity index is 453. The molecule has 0 aliphatic heterocycles. The molecule has 0 aliphatic rings. The Kier molecular flexibility index (Phi) is 31.1. The highest BCUT2D eigenvalue weighted by molar-refractivity contribution is 4.78. The summed E-state index contributed by atoms with van der Waals surface area (Å²) in [4.78, 5) is 0. The third-order valence-electron chi connectivity index (χ3n) is 9.06. The molecule has 0 aromatic carbocycles. The Morgan fingerprint density at radius 2 is 0.683 bits per heavy atom. The van der Waals surface area contributed by atoms with Crippen LogP contribution in [0.15, 0.2) is 0 Å². The van der Waals surface area contributed by atoms with E-state index in [1.54, 1.807) is 0 Å².